The molecule has 0 aromatic heterocycles. The first-order valence-corrected chi connectivity index (χ1v) is 7.61. The summed E-state index contributed by atoms with van der Waals surface area (Å²) in [6, 6.07) is 5.27. The van der Waals surface area contributed by atoms with E-state index in [4.69, 9.17) is 4.74 Å². The van der Waals surface area contributed by atoms with Crippen LogP contribution in [0.2, 0.25) is 0 Å². The smallest absolute Gasteiger partial charge is 0.200 e. The Bertz CT molecular complexity index is 573. The summed E-state index contributed by atoms with van der Waals surface area (Å²) in [4.78, 5) is 0.356. The highest BCUT2D eigenvalue weighted by atomic mass is 79.9. The summed E-state index contributed by atoms with van der Waals surface area (Å²) < 4.78 is 30.0. The summed E-state index contributed by atoms with van der Waals surface area (Å²) in [7, 11) is -3.30. The molecule has 1 aliphatic rings. The number of rotatable bonds is 3. The maximum atomic E-state index is 11.9. The first-order valence-electron chi connectivity index (χ1n) is 5.27. The Kier molecular flexibility index (Phi) is 3.43. The van der Waals surface area contributed by atoms with Crippen LogP contribution in [0.15, 0.2) is 33.0 Å². The number of fused-ring (bicyclic) bond motifs is 1. The van der Waals surface area contributed by atoms with Crippen molar-refractivity contribution in [2.75, 3.05) is 6.61 Å². The molecule has 1 aromatic rings. The van der Waals surface area contributed by atoms with E-state index in [2.05, 4.69) is 15.9 Å². The van der Waals surface area contributed by atoms with Gasteiger partial charge in [-0.05, 0) is 37.1 Å². The molecule has 0 fully saturated rings. The summed E-state index contributed by atoms with van der Waals surface area (Å²) >= 11 is 3.28. The van der Waals surface area contributed by atoms with Crippen molar-refractivity contribution in [3.05, 3.63) is 33.6 Å². The van der Waals surface area contributed by atoms with Crippen LogP contribution < -0.4 is 0 Å². The molecule has 0 amide bonds. The summed E-state index contributed by atoms with van der Waals surface area (Å²) in [5.74, 6) is 0. The Morgan fingerprint density at radius 2 is 2.06 bits per heavy atom. The molecule has 0 N–H and O–H groups in total. The van der Waals surface area contributed by atoms with E-state index in [0.717, 1.165) is 15.6 Å². The van der Waals surface area contributed by atoms with Crippen molar-refractivity contribution in [2.24, 2.45) is 0 Å². The van der Waals surface area contributed by atoms with Crippen molar-refractivity contribution in [1.82, 2.24) is 0 Å². The van der Waals surface area contributed by atoms with Gasteiger partial charge in [-0.15, -0.1) is 0 Å². The number of benzene rings is 1. The molecule has 2 rings (SSSR count). The molecule has 0 spiro atoms. The predicted molar refractivity (Wildman–Crippen MR) is 70.4 cm³/mol. The second-order valence-electron chi connectivity index (χ2n) is 4.19. The highest BCUT2D eigenvalue weighted by Crippen LogP contribution is 2.35. The molecule has 0 atom stereocenters. The number of sulfone groups is 1. The molecule has 1 aromatic carbocycles. The maximum Gasteiger partial charge on any atom is 0.200 e. The monoisotopic (exact) mass is 316 g/mol. The predicted octanol–water partition coefficient (Wildman–Crippen LogP) is 3.00. The average molecular weight is 317 g/mol. The Hall–Kier alpha value is -0.650. The van der Waals surface area contributed by atoms with Crippen LogP contribution in [0.5, 0.6) is 0 Å². The molecular weight excluding hydrogens is 304 g/mol. The normalized spacial score (nSPS) is 17.1. The molecule has 0 saturated carbocycles. The van der Waals surface area contributed by atoms with Gasteiger partial charge in [-0.2, -0.15) is 0 Å². The molecule has 1 aliphatic heterocycles. The molecular formula is C12H13BrO3S. The van der Waals surface area contributed by atoms with Gasteiger partial charge < -0.3 is 4.74 Å². The van der Waals surface area contributed by atoms with Crippen molar-refractivity contribution >= 4 is 31.3 Å². The maximum absolute atomic E-state index is 11.9. The van der Waals surface area contributed by atoms with Gasteiger partial charge in [-0.1, -0.05) is 22.0 Å². The lowest BCUT2D eigenvalue weighted by Crippen LogP contribution is -2.04. The van der Waals surface area contributed by atoms with Crippen LogP contribution in [0.25, 0.3) is 5.57 Å². The summed E-state index contributed by atoms with van der Waals surface area (Å²) in [6.45, 7) is 4.17. The zero-order valence-corrected chi connectivity index (χ0v) is 12.0. The number of ether oxygens (including phenoxy) is 1. The number of halogens is 1. The molecule has 1 heterocycles. The molecule has 3 nitrogen and oxygen atoms in total. The van der Waals surface area contributed by atoms with Crippen molar-refractivity contribution in [3.63, 3.8) is 0 Å². The first-order chi connectivity index (χ1) is 7.90. The van der Waals surface area contributed by atoms with Gasteiger partial charge in [0, 0.05) is 9.88 Å². The van der Waals surface area contributed by atoms with Gasteiger partial charge in [0.25, 0.3) is 0 Å². The van der Waals surface area contributed by atoms with Gasteiger partial charge in [-0.3, -0.25) is 0 Å². The third kappa shape index (κ3) is 2.61. The Morgan fingerprint density at radius 3 is 2.71 bits per heavy atom. The van der Waals surface area contributed by atoms with Crippen LogP contribution in [0.1, 0.15) is 19.4 Å². The zero-order valence-electron chi connectivity index (χ0n) is 9.60. The van der Waals surface area contributed by atoms with Gasteiger partial charge in [0.05, 0.1) is 17.6 Å². The summed E-state index contributed by atoms with van der Waals surface area (Å²) in [6.07, 6.45) is 0.0816. The van der Waals surface area contributed by atoms with E-state index in [1.54, 1.807) is 12.1 Å². The third-order valence-electron chi connectivity index (χ3n) is 2.47. The minimum absolute atomic E-state index is 0.0816. The first kappa shape index (κ1) is 12.8. The van der Waals surface area contributed by atoms with E-state index >= 15 is 0 Å². The van der Waals surface area contributed by atoms with E-state index in [1.165, 1.54) is 5.41 Å². The molecule has 17 heavy (non-hydrogen) atoms. The van der Waals surface area contributed by atoms with Gasteiger partial charge in [0.1, 0.15) is 0 Å². The van der Waals surface area contributed by atoms with Crippen LogP contribution in [0, 0.1) is 0 Å². The summed E-state index contributed by atoms with van der Waals surface area (Å²) in [5, 5.41) is 1.30. The average Bonchev–Trinajstić information content (AvgIpc) is 2.48. The molecule has 0 bridgehead atoms. The highest BCUT2D eigenvalue weighted by Gasteiger charge is 2.27. The molecule has 0 radical (unpaired) electrons. The van der Waals surface area contributed by atoms with Gasteiger partial charge in [0.2, 0.25) is 9.84 Å². The fraction of sp³-hybridized carbons (Fsp3) is 0.333. The highest BCUT2D eigenvalue weighted by molar-refractivity contribution is 9.10. The lowest BCUT2D eigenvalue weighted by Gasteiger charge is -2.08. The van der Waals surface area contributed by atoms with Crippen LogP contribution in [-0.2, 0) is 14.6 Å². The number of hydrogen-bond acceptors (Lipinski definition) is 3. The zero-order chi connectivity index (χ0) is 12.6. The fourth-order valence-electron chi connectivity index (χ4n) is 1.68. The van der Waals surface area contributed by atoms with E-state index < -0.39 is 9.84 Å². The summed E-state index contributed by atoms with van der Waals surface area (Å²) in [5.41, 5.74) is 1.47. The molecule has 0 aliphatic carbocycles. The van der Waals surface area contributed by atoms with Crippen LogP contribution >= 0.6 is 15.9 Å². The van der Waals surface area contributed by atoms with Crippen molar-refractivity contribution in [3.8, 4) is 0 Å². The van der Waals surface area contributed by atoms with Gasteiger partial charge in [-0.25, -0.2) is 8.42 Å². The van der Waals surface area contributed by atoms with Gasteiger partial charge >= 0.3 is 0 Å². The van der Waals surface area contributed by atoms with Crippen LogP contribution in [-0.4, -0.2) is 21.1 Å². The minimum atomic E-state index is -3.30. The van der Waals surface area contributed by atoms with E-state index in [0.29, 0.717) is 11.5 Å². The minimum Gasteiger partial charge on any atom is -0.374 e. The van der Waals surface area contributed by atoms with E-state index in [-0.39, 0.29) is 6.10 Å². The molecule has 0 unspecified atom stereocenters. The standard InChI is InChI=1S/C12H13BrO3S/c1-8(2)16-6-9-7-17(14,15)12-5-10(13)3-4-11(9)12/h3-5,7-8H,6H2,1-2H3. The second-order valence-corrected chi connectivity index (χ2v) is 6.87. The largest absolute Gasteiger partial charge is 0.374 e. The quantitative estimate of drug-likeness (QED) is 0.861. The fourth-order valence-corrected chi connectivity index (χ4v) is 3.69. The SMILES string of the molecule is CC(C)OCC1=CS(=O)(=O)c2cc(Br)ccc21. The van der Waals surface area contributed by atoms with Crippen molar-refractivity contribution < 1.29 is 13.2 Å². The van der Waals surface area contributed by atoms with E-state index in [1.807, 2.05) is 19.9 Å². The van der Waals surface area contributed by atoms with Crippen molar-refractivity contribution in [1.29, 1.82) is 0 Å². The second kappa shape index (κ2) is 4.55. The molecule has 92 valence electrons. The number of hydrogen-bond donors (Lipinski definition) is 0. The van der Waals surface area contributed by atoms with Crippen LogP contribution in [0.3, 0.4) is 0 Å². The van der Waals surface area contributed by atoms with Gasteiger partial charge in [0.15, 0.2) is 0 Å². The Balaban J connectivity index is 2.40. The lowest BCUT2D eigenvalue weighted by atomic mass is 10.1. The van der Waals surface area contributed by atoms with E-state index in [9.17, 15) is 8.42 Å². The van der Waals surface area contributed by atoms with Crippen LogP contribution in [0.4, 0.5) is 0 Å². The Morgan fingerprint density at radius 1 is 1.35 bits per heavy atom. The topological polar surface area (TPSA) is 43.4 Å². The molecule has 5 heteroatoms. The third-order valence-corrected chi connectivity index (χ3v) is 4.50. The molecule has 0 saturated heterocycles. The Labute approximate surface area is 110 Å². The van der Waals surface area contributed by atoms with Crippen molar-refractivity contribution in [2.45, 2.75) is 24.8 Å². The lowest BCUT2D eigenvalue weighted by molar-refractivity contribution is 0.107.